The Kier molecular flexibility index (Phi) is 4.52. The molecule has 0 aliphatic carbocycles. The van der Waals surface area contributed by atoms with Crippen molar-refractivity contribution in [2.24, 2.45) is 17.8 Å². The van der Waals surface area contributed by atoms with Gasteiger partial charge in [-0.05, 0) is 17.8 Å². The molecular formula is C12H21N3O. The summed E-state index contributed by atoms with van der Waals surface area (Å²) in [5.74, 6) is 2.14. The molecule has 4 heteroatoms. The minimum atomic E-state index is -0.159. The quantitative estimate of drug-likeness (QED) is 0.803. The molecule has 0 radical (unpaired) electrons. The van der Waals surface area contributed by atoms with Gasteiger partial charge in [-0.15, -0.1) is 0 Å². The van der Waals surface area contributed by atoms with Gasteiger partial charge in [-0.25, -0.2) is 4.98 Å². The lowest BCUT2D eigenvalue weighted by atomic mass is 9.85. The second kappa shape index (κ2) is 5.68. The van der Waals surface area contributed by atoms with Gasteiger partial charge in [-0.3, -0.25) is 4.79 Å². The zero-order chi connectivity index (χ0) is 12.1. The Labute approximate surface area is 96.5 Å². The number of nitrogens with zero attached hydrogens (tertiary/aromatic N) is 1. The van der Waals surface area contributed by atoms with Crippen LogP contribution in [0, 0.1) is 17.8 Å². The molecule has 1 heterocycles. The van der Waals surface area contributed by atoms with Crippen LogP contribution in [0.1, 0.15) is 27.7 Å². The molecule has 2 N–H and O–H groups in total. The minimum Gasteiger partial charge on any atom is -0.365 e. The van der Waals surface area contributed by atoms with Gasteiger partial charge in [0.2, 0.25) is 0 Å². The maximum atomic E-state index is 11.4. The van der Waals surface area contributed by atoms with Crippen LogP contribution in [-0.4, -0.2) is 16.5 Å². The molecule has 1 aromatic rings. The third-order valence-electron chi connectivity index (χ3n) is 2.93. The summed E-state index contributed by atoms with van der Waals surface area (Å²) in [6.45, 7) is 9.60. The molecule has 0 aliphatic heterocycles. The molecule has 0 saturated heterocycles. The molecule has 0 unspecified atom stereocenters. The van der Waals surface area contributed by atoms with Crippen LogP contribution < -0.4 is 10.9 Å². The number of hydrogen-bond acceptors (Lipinski definition) is 3. The zero-order valence-electron chi connectivity index (χ0n) is 10.4. The van der Waals surface area contributed by atoms with Gasteiger partial charge < -0.3 is 10.3 Å². The Hall–Kier alpha value is -1.32. The summed E-state index contributed by atoms with van der Waals surface area (Å²) < 4.78 is 0. The Morgan fingerprint density at radius 2 is 1.94 bits per heavy atom. The number of H-pyrrole nitrogens is 1. The lowest BCUT2D eigenvalue weighted by Gasteiger charge is -2.25. The van der Waals surface area contributed by atoms with E-state index in [2.05, 4.69) is 43.0 Å². The second-order valence-corrected chi connectivity index (χ2v) is 4.80. The average molecular weight is 223 g/mol. The van der Waals surface area contributed by atoms with Gasteiger partial charge in [0.25, 0.3) is 5.56 Å². The van der Waals surface area contributed by atoms with Gasteiger partial charge in [0.05, 0.1) is 0 Å². The fourth-order valence-electron chi connectivity index (χ4n) is 1.93. The normalized spacial score (nSPS) is 11.4. The van der Waals surface area contributed by atoms with Crippen LogP contribution in [0.15, 0.2) is 17.2 Å². The van der Waals surface area contributed by atoms with E-state index in [0.29, 0.717) is 23.6 Å². The number of anilines is 1. The van der Waals surface area contributed by atoms with E-state index in [1.54, 1.807) is 6.20 Å². The molecule has 0 saturated carbocycles. The number of hydrogen-bond donors (Lipinski definition) is 2. The summed E-state index contributed by atoms with van der Waals surface area (Å²) in [6.07, 6.45) is 3.12. The van der Waals surface area contributed by atoms with Gasteiger partial charge in [0.15, 0.2) is 5.82 Å². The van der Waals surface area contributed by atoms with Crippen molar-refractivity contribution in [3.05, 3.63) is 22.7 Å². The summed E-state index contributed by atoms with van der Waals surface area (Å²) in [6, 6.07) is 0. The zero-order valence-corrected chi connectivity index (χ0v) is 10.4. The Morgan fingerprint density at radius 3 is 2.44 bits per heavy atom. The maximum absolute atomic E-state index is 11.4. The van der Waals surface area contributed by atoms with Crippen LogP contribution in [0.5, 0.6) is 0 Å². The number of aromatic amines is 1. The average Bonchev–Trinajstić information content (AvgIpc) is 2.20. The van der Waals surface area contributed by atoms with Crippen LogP contribution in [0.25, 0.3) is 0 Å². The predicted molar refractivity (Wildman–Crippen MR) is 66.5 cm³/mol. The Bertz CT molecular complexity index is 363. The lowest BCUT2D eigenvalue weighted by molar-refractivity contribution is 0.304. The molecule has 16 heavy (non-hydrogen) atoms. The van der Waals surface area contributed by atoms with Gasteiger partial charge in [-0.2, -0.15) is 0 Å². The topological polar surface area (TPSA) is 57.8 Å². The SMILES string of the molecule is CC(C)C(CNc1ncc[nH]c1=O)C(C)C. The summed E-state index contributed by atoms with van der Waals surface area (Å²) >= 11 is 0. The fraction of sp³-hybridized carbons (Fsp3) is 0.667. The smallest absolute Gasteiger partial charge is 0.290 e. The highest BCUT2D eigenvalue weighted by Crippen LogP contribution is 2.20. The van der Waals surface area contributed by atoms with Gasteiger partial charge in [0, 0.05) is 18.9 Å². The molecule has 0 spiro atoms. The highest BCUT2D eigenvalue weighted by Gasteiger charge is 2.17. The minimum absolute atomic E-state index is 0.159. The van der Waals surface area contributed by atoms with E-state index < -0.39 is 0 Å². The van der Waals surface area contributed by atoms with E-state index in [4.69, 9.17) is 0 Å². The van der Waals surface area contributed by atoms with Crippen molar-refractivity contribution in [3.8, 4) is 0 Å². The molecular weight excluding hydrogens is 202 g/mol. The van der Waals surface area contributed by atoms with Crippen LogP contribution >= 0.6 is 0 Å². The summed E-state index contributed by atoms with van der Waals surface area (Å²) in [4.78, 5) is 18.0. The first-order valence-corrected chi connectivity index (χ1v) is 5.80. The monoisotopic (exact) mass is 223 g/mol. The van der Waals surface area contributed by atoms with Crippen molar-refractivity contribution in [2.45, 2.75) is 27.7 Å². The molecule has 90 valence electrons. The Morgan fingerprint density at radius 1 is 1.31 bits per heavy atom. The Balaban J connectivity index is 2.63. The van der Waals surface area contributed by atoms with E-state index in [0.717, 1.165) is 6.54 Å². The van der Waals surface area contributed by atoms with Gasteiger partial charge in [0.1, 0.15) is 0 Å². The van der Waals surface area contributed by atoms with Gasteiger partial charge >= 0.3 is 0 Å². The van der Waals surface area contributed by atoms with Crippen LogP contribution in [0.3, 0.4) is 0 Å². The first-order valence-electron chi connectivity index (χ1n) is 5.80. The molecule has 1 rings (SSSR count). The first-order chi connectivity index (χ1) is 7.52. The number of rotatable bonds is 5. The van der Waals surface area contributed by atoms with E-state index in [1.165, 1.54) is 6.20 Å². The largest absolute Gasteiger partial charge is 0.365 e. The van der Waals surface area contributed by atoms with E-state index >= 15 is 0 Å². The van der Waals surface area contributed by atoms with Crippen molar-refractivity contribution in [1.82, 2.24) is 9.97 Å². The summed E-state index contributed by atoms with van der Waals surface area (Å²) in [5.41, 5.74) is -0.159. The predicted octanol–water partition coefficient (Wildman–Crippen LogP) is 2.11. The van der Waals surface area contributed by atoms with Crippen molar-refractivity contribution in [2.75, 3.05) is 11.9 Å². The second-order valence-electron chi connectivity index (χ2n) is 4.80. The van der Waals surface area contributed by atoms with E-state index in [9.17, 15) is 4.79 Å². The molecule has 1 aromatic heterocycles. The molecule has 0 fully saturated rings. The third-order valence-corrected chi connectivity index (χ3v) is 2.93. The van der Waals surface area contributed by atoms with Crippen LogP contribution in [-0.2, 0) is 0 Å². The molecule has 0 atom stereocenters. The molecule has 0 bridgehead atoms. The standard InChI is InChI=1S/C12H21N3O/c1-8(2)10(9(3)4)7-15-11-12(16)14-6-5-13-11/h5-6,8-10H,7H2,1-4H3,(H,13,15)(H,14,16). The highest BCUT2D eigenvalue weighted by atomic mass is 16.1. The van der Waals surface area contributed by atoms with Crippen LogP contribution in [0.4, 0.5) is 5.82 Å². The first kappa shape index (κ1) is 12.7. The molecule has 0 aliphatic rings. The third kappa shape index (κ3) is 3.36. The van der Waals surface area contributed by atoms with Crippen molar-refractivity contribution in [3.63, 3.8) is 0 Å². The lowest BCUT2D eigenvalue weighted by Crippen LogP contribution is -2.27. The highest BCUT2D eigenvalue weighted by molar-refractivity contribution is 5.29. The van der Waals surface area contributed by atoms with Crippen molar-refractivity contribution < 1.29 is 0 Å². The van der Waals surface area contributed by atoms with Crippen molar-refractivity contribution >= 4 is 5.82 Å². The van der Waals surface area contributed by atoms with Gasteiger partial charge in [-0.1, -0.05) is 27.7 Å². The summed E-state index contributed by atoms with van der Waals surface area (Å²) in [7, 11) is 0. The van der Waals surface area contributed by atoms with E-state index in [1.807, 2.05) is 0 Å². The maximum Gasteiger partial charge on any atom is 0.290 e. The molecule has 0 amide bonds. The fourth-order valence-corrected chi connectivity index (χ4v) is 1.93. The van der Waals surface area contributed by atoms with Crippen LogP contribution in [0.2, 0.25) is 0 Å². The van der Waals surface area contributed by atoms with E-state index in [-0.39, 0.29) is 5.56 Å². The summed E-state index contributed by atoms with van der Waals surface area (Å²) in [5, 5.41) is 3.12. The number of aromatic nitrogens is 2. The molecule has 0 aromatic carbocycles. The van der Waals surface area contributed by atoms with Crippen molar-refractivity contribution in [1.29, 1.82) is 0 Å². The molecule has 4 nitrogen and oxygen atoms in total. The number of nitrogens with one attached hydrogen (secondary N) is 2.